The lowest BCUT2D eigenvalue weighted by Crippen LogP contribution is -2.49. The SMILES string of the molecule is CC1(C(=O)O)CCN(C(=O)NC2CC(c3ccc(Cl)cc3)C2)C1. The van der Waals surface area contributed by atoms with E-state index in [0.717, 1.165) is 17.9 Å². The highest BCUT2D eigenvalue weighted by atomic mass is 35.5. The molecule has 0 bridgehead atoms. The van der Waals surface area contributed by atoms with Crippen molar-refractivity contribution >= 4 is 23.6 Å². The molecule has 23 heavy (non-hydrogen) atoms. The van der Waals surface area contributed by atoms with Crippen LogP contribution in [0.1, 0.15) is 37.7 Å². The van der Waals surface area contributed by atoms with Crippen LogP contribution in [0.3, 0.4) is 0 Å². The third-order valence-corrected chi connectivity index (χ3v) is 5.34. The number of halogens is 1. The number of aliphatic carboxylic acids is 1. The highest BCUT2D eigenvalue weighted by Crippen LogP contribution is 2.37. The minimum Gasteiger partial charge on any atom is -0.481 e. The van der Waals surface area contributed by atoms with Gasteiger partial charge in [0.25, 0.3) is 0 Å². The van der Waals surface area contributed by atoms with Crippen molar-refractivity contribution in [1.82, 2.24) is 10.2 Å². The number of nitrogens with one attached hydrogen (secondary N) is 1. The summed E-state index contributed by atoms with van der Waals surface area (Å²) < 4.78 is 0. The number of hydrogen-bond donors (Lipinski definition) is 2. The number of carbonyl (C=O) groups is 2. The Labute approximate surface area is 140 Å². The van der Waals surface area contributed by atoms with Gasteiger partial charge < -0.3 is 15.3 Å². The van der Waals surface area contributed by atoms with Gasteiger partial charge in [-0.3, -0.25) is 4.79 Å². The first kappa shape index (κ1) is 16.1. The Balaban J connectivity index is 1.48. The van der Waals surface area contributed by atoms with Crippen LogP contribution in [0.4, 0.5) is 4.79 Å². The van der Waals surface area contributed by atoms with Crippen molar-refractivity contribution in [3.8, 4) is 0 Å². The summed E-state index contributed by atoms with van der Waals surface area (Å²) in [5.41, 5.74) is 0.433. The van der Waals surface area contributed by atoms with Crippen LogP contribution < -0.4 is 5.32 Å². The van der Waals surface area contributed by atoms with Gasteiger partial charge in [-0.05, 0) is 49.8 Å². The molecule has 1 heterocycles. The van der Waals surface area contributed by atoms with Crippen LogP contribution in [0, 0.1) is 5.41 Å². The van der Waals surface area contributed by atoms with Crippen LogP contribution in [0.25, 0.3) is 0 Å². The number of hydrogen-bond acceptors (Lipinski definition) is 2. The molecule has 1 aromatic carbocycles. The molecule has 1 aliphatic carbocycles. The van der Waals surface area contributed by atoms with Gasteiger partial charge in [0.05, 0.1) is 5.41 Å². The van der Waals surface area contributed by atoms with Gasteiger partial charge in [0.1, 0.15) is 0 Å². The molecule has 1 saturated carbocycles. The quantitative estimate of drug-likeness (QED) is 0.891. The summed E-state index contributed by atoms with van der Waals surface area (Å²) in [6.07, 6.45) is 2.34. The van der Waals surface area contributed by atoms with Gasteiger partial charge in [-0.25, -0.2) is 4.79 Å². The van der Waals surface area contributed by atoms with Crippen LogP contribution in [0.15, 0.2) is 24.3 Å². The number of carboxylic acids is 1. The van der Waals surface area contributed by atoms with Gasteiger partial charge in [-0.1, -0.05) is 23.7 Å². The maximum absolute atomic E-state index is 12.3. The van der Waals surface area contributed by atoms with Crippen molar-refractivity contribution in [1.29, 1.82) is 0 Å². The Hall–Kier alpha value is -1.75. The van der Waals surface area contributed by atoms with Crippen LogP contribution in [-0.4, -0.2) is 41.1 Å². The topological polar surface area (TPSA) is 69.6 Å². The standard InChI is InChI=1S/C17H21ClN2O3/c1-17(15(21)22)6-7-20(10-17)16(23)19-14-8-12(9-14)11-2-4-13(18)5-3-11/h2-5,12,14H,6-10H2,1H3,(H,19,23)(H,21,22). The number of carbonyl (C=O) groups excluding carboxylic acids is 1. The minimum absolute atomic E-state index is 0.144. The van der Waals surface area contributed by atoms with Gasteiger partial charge in [0.2, 0.25) is 0 Å². The molecule has 124 valence electrons. The van der Waals surface area contributed by atoms with Crippen molar-refractivity contribution in [3.63, 3.8) is 0 Å². The van der Waals surface area contributed by atoms with E-state index in [2.05, 4.69) is 5.32 Å². The van der Waals surface area contributed by atoms with Crippen molar-refractivity contribution in [2.24, 2.45) is 5.41 Å². The van der Waals surface area contributed by atoms with E-state index in [4.69, 9.17) is 11.6 Å². The molecule has 2 N–H and O–H groups in total. The van der Waals surface area contributed by atoms with Crippen molar-refractivity contribution in [3.05, 3.63) is 34.9 Å². The number of likely N-dealkylation sites (tertiary alicyclic amines) is 1. The summed E-state index contributed by atoms with van der Waals surface area (Å²) >= 11 is 5.89. The molecular weight excluding hydrogens is 316 g/mol. The number of carboxylic acid groups (broad SMARTS) is 1. The number of rotatable bonds is 3. The number of nitrogens with zero attached hydrogens (tertiary/aromatic N) is 1. The monoisotopic (exact) mass is 336 g/mol. The number of urea groups is 1. The first-order valence-electron chi connectivity index (χ1n) is 7.92. The second-order valence-electron chi connectivity index (χ2n) is 6.90. The molecule has 1 aliphatic heterocycles. The predicted molar refractivity (Wildman–Crippen MR) is 87.7 cm³/mol. The predicted octanol–water partition coefficient (Wildman–Crippen LogP) is 3.09. The summed E-state index contributed by atoms with van der Waals surface area (Å²) in [5, 5.41) is 13.0. The average Bonchev–Trinajstić information content (AvgIpc) is 2.88. The fraction of sp³-hybridized carbons (Fsp3) is 0.529. The van der Waals surface area contributed by atoms with E-state index in [-0.39, 0.29) is 18.6 Å². The van der Waals surface area contributed by atoms with Crippen molar-refractivity contribution in [2.75, 3.05) is 13.1 Å². The second-order valence-corrected chi connectivity index (χ2v) is 7.34. The summed E-state index contributed by atoms with van der Waals surface area (Å²) in [7, 11) is 0. The molecule has 0 aromatic heterocycles. The van der Waals surface area contributed by atoms with E-state index in [1.165, 1.54) is 5.56 Å². The van der Waals surface area contributed by atoms with E-state index in [0.29, 0.717) is 18.9 Å². The smallest absolute Gasteiger partial charge is 0.317 e. The molecule has 6 heteroatoms. The first-order chi connectivity index (χ1) is 10.9. The van der Waals surface area contributed by atoms with E-state index in [9.17, 15) is 14.7 Å². The Morgan fingerprint density at radius 3 is 2.52 bits per heavy atom. The average molecular weight is 337 g/mol. The zero-order chi connectivity index (χ0) is 16.6. The van der Waals surface area contributed by atoms with E-state index in [1.807, 2.05) is 24.3 Å². The summed E-state index contributed by atoms with van der Waals surface area (Å²) in [6, 6.07) is 7.86. The van der Waals surface area contributed by atoms with Gasteiger partial charge in [0, 0.05) is 24.2 Å². The lowest BCUT2D eigenvalue weighted by Gasteiger charge is -2.37. The van der Waals surface area contributed by atoms with Crippen LogP contribution in [0.5, 0.6) is 0 Å². The number of benzene rings is 1. The molecule has 0 radical (unpaired) electrons. The Morgan fingerprint density at radius 1 is 1.30 bits per heavy atom. The normalized spacial score (nSPS) is 29.9. The maximum atomic E-state index is 12.3. The van der Waals surface area contributed by atoms with E-state index >= 15 is 0 Å². The molecule has 1 saturated heterocycles. The highest BCUT2D eigenvalue weighted by molar-refractivity contribution is 6.30. The lowest BCUT2D eigenvalue weighted by atomic mass is 9.76. The lowest BCUT2D eigenvalue weighted by molar-refractivity contribution is -0.147. The maximum Gasteiger partial charge on any atom is 0.317 e. The fourth-order valence-electron chi connectivity index (χ4n) is 3.32. The van der Waals surface area contributed by atoms with Gasteiger partial charge in [-0.2, -0.15) is 0 Å². The molecule has 1 atom stereocenters. The van der Waals surface area contributed by atoms with Gasteiger partial charge in [-0.15, -0.1) is 0 Å². The first-order valence-corrected chi connectivity index (χ1v) is 8.29. The largest absolute Gasteiger partial charge is 0.481 e. The molecule has 1 aromatic rings. The third-order valence-electron chi connectivity index (χ3n) is 5.08. The minimum atomic E-state index is -0.834. The zero-order valence-corrected chi connectivity index (χ0v) is 13.8. The molecule has 5 nitrogen and oxygen atoms in total. The van der Waals surface area contributed by atoms with Crippen molar-refractivity contribution < 1.29 is 14.7 Å². The Kier molecular flexibility index (Phi) is 4.23. The molecule has 0 spiro atoms. The summed E-state index contributed by atoms with van der Waals surface area (Å²) in [6.45, 7) is 2.48. The molecule has 1 unspecified atom stereocenters. The van der Waals surface area contributed by atoms with Gasteiger partial charge in [0.15, 0.2) is 0 Å². The zero-order valence-electron chi connectivity index (χ0n) is 13.1. The summed E-state index contributed by atoms with van der Waals surface area (Å²) in [5.74, 6) is -0.375. The number of amides is 2. The third kappa shape index (κ3) is 3.29. The van der Waals surface area contributed by atoms with Crippen LogP contribution in [0.2, 0.25) is 5.02 Å². The molecule has 3 rings (SSSR count). The molecule has 2 fully saturated rings. The molecular formula is C17H21ClN2O3. The van der Waals surface area contributed by atoms with Crippen molar-refractivity contribution in [2.45, 2.75) is 38.1 Å². The fourth-order valence-corrected chi connectivity index (χ4v) is 3.44. The van der Waals surface area contributed by atoms with Crippen LogP contribution in [-0.2, 0) is 4.79 Å². The Morgan fingerprint density at radius 2 is 1.96 bits per heavy atom. The summed E-state index contributed by atoms with van der Waals surface area (Å²) in [4.78, 5) is 25.1. The van der Waals surface area contributed by atoms with E-state index in [1.54, 1.807) is 11.8 Å². The van der Waals surface area contributed by atoms with Crippen LogP contribution >= 0.6 is 11.6 Å². The molecule has 2 aliphatic rings. The van der Waals surface area contributed by atoms with Gasteiger partial charge >= 0.3 is 12.0 Å². The van der Waals surface area contributed by atoms with E-state index < -0.39 is 11.4 Å². The highest BCUT2D eigenvalue weighted by Gasteiger charge is 2.43. The molecule has 2 amide bonds. The second kappa shape index (κ2) is 6.04. The Bertz CT molecular complexity index is 613.